The van der Waals surface area contributed by atoms with Gasteiger partial charge in [-0.15, -0.1) is 0 Å². The fraction of sp³-hybridized carbons (Fsp3) is 0.500. The van der Waals surface area contributed by atoms with E-state index < -0.39 is 66.1 Å². The molecule has 2 bridgehead atoms. The zero-order valence-electron chi connectivity index (χ0n) is 25.4. The Bertz CT molecular complexity index is 1250. The molecule has 13 heteroatoms. The van der Waals surface area contributed by atoms with Crippen molar-refractivity contribution in [3.8, 4) is 0 Å². The maximum absolute atomic E-state index is 13.5. The van der Waals surface area contributed by atoms with Crippen LogP contribution in [0.25, 0.3) is 0 Å². The zero-order valence-corrected chi connectivity index (χ0v) is 25.4. The SMILES string of the molecule is COC1[C@@H](OC)C[C@H](C)[C@@H](OC(N)=O)C2=CC(=O)C=C(NC(=O)/C(C)=C/C=C\[C@H](OC)[C@@H](OC(N)=O)/C(C)=C/[C@@H]1C)C2=O. The summed E-state index contributed by atoms with van der Waals surface area (Å²) < 4.78 is 27.9. The molecule has 0 aromatic rings. The van der Waals surface area contributed by atoms with Crippen LogP contribution in [0.3, 0.4) is 0 Å². The van der Waals surface area contributed by atoms with Gasteiger partial charge in [-0.3, -0.25) is 14.4 Å². The molecule has 236 valence electrons. The number of allylic oxidation sites excluding steroid dienone is 5. The van der Waals surface area contributed by atoms with Gasteiger partial charge in [-0.25, -0.2) is 9.59 Å². The number of fused-ring (bicyclic) bond motifs is 2. The van der Waals surface area contributed by atoms with Crippen LogP contribution in [0.5, 0.6) is 0 Å². The van der Waals surface area contributed by atoms with Crippen LogP contribution in [0.2, 0.25) is 0 Å². The molecule has 13 nitrogen and oxygen atoms in total. The lowest BCUT2D eigenvalue weighted by Crippen LogP contribution is -2.42. The van der Waals surface area contributed by atoms with E-state index in [1.165, 1.54) is 40.4 Å². The van der Waals surface area contributed by atoms with E-state index in [9.17, 15) is 24.0 Å². The van der Waals surface area contributed by atoms with Gasteiger partial charge in [0.15, 0.2) is 11.9 Å². The molecule has 3 amide bonds. The number of ether oxygens (including phenoxy) is 5. The smallest absolute Gasteiger partial charge is 0.405 e. The number of methoxy groups -OCH3 is 3. The van der Waals surface area contributed by atoms with Crippen LogP contribution in [-0.4, -0.2) is 81.5 Å². The topological polar surface area (TPSA) is 196 Å². The molecule has 5 N–H and O–H groups in total. The number of amides is 3. The molecule has 7 atom stereocenters. The van der Waals surface area contributed by atoms with Crippen LogP contribution in [0.15, 0.2) is 58.9 Å². The van der Waals surface area contributed by atoms with Crippen LogP contribution in [0.4, 0.5) is 9.59 Å². The second-order valence-electron chi connectivity index (χ2n) is 10.5. The number of nitrogens with two attached hydrogens (primary N) is 2. The van der Waals surface area contributed by atoms with Crippen LogP contribution >= 0.6 is 0 Å². The molecule has 0 aromatic carbocycles. The van der Waals surface area contributed by atoms with Crippen molar-refractivity contribution in [2.75, 3.05) is 21.3 Å². The summed E-state index contributed by atoms with van der Waals surface area (Å²) in [4.78, 5) is 62.7. The number of hydrogen-bond acceptors (Lipinski definition) is 10. The van der Waals surface area contributed by atoms with Gasteiger partial charge in [0.2, 0.25) is 5.78 Å². The predicted octanol–water partition coefficient (Wildman–Crippen LogP) is 2.16. The van der Waals surface area contributed by atoms with Crippen LogP contribution in [-0.2, 0) is 38.1 Å². The standard InChI is InChI=1S/C30H41N3O10/c1-15-9-8-10-22(39-5)27(43-30(32)38)17(3)11-16(2)26(41-7)23(40-6)12-18(4)25(42-29(31)37)20-13-19(34)14-21(24(20)35)33-28(15)36/h8-11,13-14,16,18,22-23,25-27H,12H2,1-7H3,(H2,31,37)(H2,32,38)(H,33,36)/b10-8-,15-9+,17-11+/t16-,18-,22-,23-,25+,26?,27-/m0/s1. The number of Topliss-reactive ketones (excluding diaryl/α,β-unsaturated/α-hetero) is 1. The van der Waals surface area contributed by atoms with E-state index in [2.05, 4.69) is 5.32 Å². The van der Waals surface area contributed by atoms with Crippen molar-refractivity contribution in [2.45, 2.75) is 64.6 Å². The molecule has 1 heterocycles. The number of primary amides is 2. The van der Waals surface area contributed by atoms with Crippen molar-refractivity contribution in [3.63, 3.8) is 0 Å². The van der Waals surface area contributed by atoms with Gasteiger partial charge < -0.3 is 40.5 Å². The molecular formula is C30H41N3O10. The van der Waals surface area contributed by atoms with Crippen LogP contribution in [0, 0.1) is 11.8 Å². The average molecular weight is 604 g/mol. The first kappa shape index (κ1) is 35.1. The average Bonchev–Trinajstić information content (AvgIpc) is 2.93. The first-order valence-electron chi connectivity index (χ1n) is 13.6. The first-order valence-corrected chi connectivity index (χ1v) is 13.6. The van der Waals surface area contributed by atoms with E-state index in [-0.39, 0.29) is 29.2 Å². The maximum Gasteiger partial charge on any atom is 0.405 e. The third-order valence-corrected chi connectivity index (χ3v) is 7.26. The van der Waals surface area contributed by atoms with Gasteiger partial charge >= 0.3 is 12.2 Å². The Hall–Kier alpha value is -4.07. The lowest BCUT2D eigenvalue weighted by molar-refractivity contribution is -0.120. The second-order valence-corrected chi connectivity index (χ2v) is 10.5. The highest BCUT2D eigenvalue weighted by Crippen LogP contribution is 2.30. The van der Waals surface area contributed by atoms with E-state index in [4.69, 9.17) is 35.2 Å². The molecule has 1 aliphatic carbocycles. The molecule has 0 radical (unpaired) electrons. The molecule has 0 saturated heterocycles. The van der Waals surface area contributed by atoms with Gasteiger partial charge in [0, 0.05) is 50.4 Å². The number of carbonyl (C=O) groups excluding carboxylic acids is 5. The number of hydrogen-bond donors (Lipinski definition) is 3. The first-order chi connectivity index (χ1) is 20.2. The molecule has 0 spiro atoms. The highest BCUT2D eigenvalue weighted by Gasteiger charge is 2.38. The summed E-state index contributed by atoms with van der Waals surface area (Å²) in [5, 5.41) is 2.46. The van der Waals surface area contributed by atoms with Gasteiger partial charge in [0.1, 0.15) is 12.2 Å². The zero-order chi connectivity index (χ0) is 32.4. The number of nitrogens with one attached hydrogen (secondary N) is 1. The van der Waals surface area contributed by atoms with Crippen molar-refractivity contribution < 1.29 is 47.7 Å². The molecule has 0 fully saturated rings. The minimum Gasteiger partial charge on any atom is -0.441 e. The Morgan fingerprint density at radius 3 is 2.09 bits per heavy atom. The number of carbonyl (C=O) groups is 5. The van der Waals surface area contributed by atoms with E-state index in [0.717, 1.165) is 12.2 Å². The van der Waals surface area contributed by atoms with Gasteiger partial charge in [-0.05, 0) is 31.9 Å². The van der Waals surface area contributed by atoms with Gasteiger partial charge in [0.05, 0.1) is 17.9 Å². The Balaban J connectivity index is 2.71. The molecule has 2 aliphatic rings. The molecule has 43 heavy (non-hydrogen) atoms. The summed E-state index contributed by atoms with van der Waals surface area (Å²) in [5.41, 5.74) is 11.1. The van der Waals surface area contributed by atoms with E-state index in [1.54, 1.807) is 19.9 Å². The highest BCUT2D eigenvalue weighted by molar-refractivity contribution is 6.22. The molecule has 0 saturated carbocycles. The summed E-state index contributed by atoms with van der Waals surface area (Å²) in [7, 11) is 4.42. The normalized spacial score (nSPS) is 32.6. The van der Waals surface area contributed by atoms with Crippen molar-refractivity contribution in [3.05, 3.63) is 58.9 Å². The molecule has 1 unspecified atom stereocenters. The molecule has 1 aliphatic heterocycles. The second kappa shape index (κ2) is 16.0. The fourth-order valence-electron chi connectivity index (χ4n) is 5.16. The molecule has 0 aromatic heterocycles. The third kappa shape index (κ3) is 9.46. The molecular weight excluding hydrogens is 562 g/mol. The predicted molar refractivity (Wildman–Crippen MR) is 155 cm³/mol. The van der Waals surface area contributed by atoms with Gasteiger partial charge in [-0.2, -0.15) is 0 Å². The minimum atomic E-state index is -1.24. The third-order valence-electron chi connectivity index (χ3n) is 7.26. The summed E-state index contributed by atoms with van der Waals surface area (Å²) in [5.74, 6) is -2.89. The summed E-state index contributed by atoms with van der Waals surface area (Å²) in [6.45, 7) is 6.82. The van der Waals surface area contributed by atoms with Crippen LogP contribution < -0.4 is 16.8 Å². The number of rotatable bonds is 5. The maximum atomic E-state index is 13.5. The summed E-state index contributed by atoms with van der Waals surface area (Å²) in [6, 6.07) is 0. The Morgan fingerprint density at radius 1 is 0.907 bits per heavy atom. The van der Waals surface area contributed by atoms with Crippen molar-refractivity contribution in [1.29, 1.82) is 0 Å². The number of ketones is 2. The quantitative estimate of drug-likeness (QED) is 0.309. The Morgan fingerprint density at radius 2 is 1.53 bits per heavy atom. The minimum absolute atomic E-state index is 0.143. The Kier molecular flexibility index (Phi) is 13.0. The monoisotopic (exact) mass is 603 g/mol. The lowest BCUT2D eigenvalue weighted by atomic mass is 9.84. The largest absolute Gasteiger partial charge is 0.441 e. The lowest BCUT2D eigenvalue weighted by Gasteiger charge is -2.34. The Labute approximate surface area is 250 Å². The van der Waals surface area contributed by atoms with Gasteiger partial charge in [-0.1, -0.05) is 38.2 Å². The van der Waals surface area contributed by atoms with E-state index in [1.807, 2.05) is 13.0 Å². The van der Waals surface area contributed by atoms with E-state index >= 15 is 0 Å². The van der Waals surface area contributed by atoms with Crippen molar-refractivity contribution >= 4 is 29.7 Å². The highest BCUT2D eigenvalue weighted by atomic mass is 16.6. The van der Waals surface area contributed by atoms with E-state index in [0.29, 0.717) is 5.57 Å². The summed E-state index contributed by atoms with van der Waals surface area (Å²) >= 11 is 0. The van der Waals surface area contributed by atoms with Crippen molar-refractivity contribution in [1.82, 2.24) is 5.32 Å². The molecule has 2 rings (SSSR count). The fourth-order valence-corrected chi connectivity index (χ4v) is 5.16. The van der Waals surface area contributed by atoms with Crippen molar-refractivity contribution in [2.24, 2.45) is 23.3 Å². The van der Waals surface area contributed by atoms with Gasteiger partial charge in [0.25, 0.3) is 5.91 Å². The summed E-state index contributed by atoms with van der Waals surface area (Å²) in [6.07, 6.45) is 2.35. The van der Waals surface area contributed by atoms with Crippen LogP contribution in [0.1, 0.15) is 34.1 Å².